The van der Waals surface area contributed by atoms with Crippen molar-refractivity contribution in [3.05, 3.63) is 53.4 Å². The normalized spacial score (nSPS) is 14.2. The summed E-state index contributed by atoms with van der Waals surface area (Å²) >= 11 is 1.60. The summed E-state index contributed by atoms with van der Waals surface area (Å²) in [6, 6.07) is 14.1. The third-order valence-electron chi connectivity index (χ3n) is 3.87. The molecular formula is C19H19NO3S. The highest BCUT2D eigenvalue weighted by Gasteiger charge is 2.18. The van der Waals surface area contributed by atoms with Crippen LogP contribution in [0.3, 0.4) is 0 Å². The van der Waals surface area contributed by atoms with Gasteiger partial charge in [0.2, 0.25) is 0 Å². The smallest absolute Gasteiger partial charge is 0.331 e. The number of thiophene rings is 1. The van der Waals surface area contributed by atoms with Crippen molar-refractivity contribution in [1.82, 2.24) is 4.90 Å². The van der Waals surface area contributed by atoms with E-state index in [9.17, 15) is 9.59 Å². The molecule has 1 aliphatic rings. The van der Waals surface area contributed by atoms with Crippen LogP contribution < -0.4 is 0 Å². The first-order chi connectivity index (χ1) is 11.7. The Balaban J connectivity index is 1.51. The van der Waals surface area contributed by atoms with Crippen LogP contribution in [0.2, 0.25) is 0 Å². The second-order valence-corrected chi connectivity index (χ2v) is 6.71. The molecule has 1 amide bonds. The van der Waals surface area contributed by atoms with Crippen molar-refractivity contribution in [2.24, 2.45) is 0 Å². The summed E-state index contributed by atoms with van der Waals surface area (Å²) in [6.07, 6.45) is 5.15. The lowest BCUT2D eigenvalue weighted by molar-refractivity contribution is -0.147. The van der Waals surface area contributed by atoms with Crippen molar-refractivity contribution in [3.8, 4) is 10.4 Å². The fourth-order valence-corrected chi connectivity index (χ4v) is 3.51. The fraction of sp³-hybridized carbons (Fsp3) is 0.263. The second-order valence-electron chi connectivity index (χ2n) is 5.60. The zero-order chi connectivity index (χ0) is 16.8. The predicted octanol–water partition coefficient (Wildman–Crippen LogP) is 3.59. The van der Waals surface area contributed by atoms with E-state index in [1.54, 1.807) is 22.3 Å². The van der Waals surface area contributed by atoms with Gasteiger partial charge in [0.25, 0.3) is 5.91 Å². The molecule has 0 bridgehead atoms. The van der Waals surface area contributed by atoms with Gasteiger partial charge in [0.1, 0.15) is 0 Å². The molecule has 0 radical (unpaired) electrons. The molecule has 3 rings (SSSR count). The highest BCUT2D eigenvalue weighted by Crippen LogP contribution is 2.28. The summed E-state index contributed by atoms with van der Waals surface area (Å²) in [6.45, 7) is 1.36. The topological polar surface area (TPSA) is 46.6 Å². The van der Waals surface area contributed by atoms with Crippen molar-refractivity contribution in [2.75, 3.05) is 19.7 Å². The Kier molecular flexibility index (Phi) is 5.43. The van der Waals surface area contributed by atoms with Gasteiger partial charge in [-0.25, -0.2) is 4.79 Å². The Morgan fingerprint density at radius 1 is 1.08 bits per heavy atom. The molecule has 0 spiro atoms. The van der Waals surface area contributed by atoms with E-state index >= 15 is 0 Å². The monoisotopic (exact) mass is 341 g/mol. The van der Waals surface area contributed by atoms with Gasteiger partial charge >= 0.3 is 5.97 Å². The number of amides is 1. The van der Waals surface area contributed by atoms with Gasteiger partial charge in [0.05, 0.1) is 0 Å². The lowest BCUT2D eigenvalue weighted by Gasteiger charge is -2.14. The van der Waals surface area contributed by atoms with Crippen LogP contribution in [0.25, 0.3) is 16.5 Å². The standard InChI is InChI=1S/C19H19NO3S/c21-18(20-12-4-5-13-20)14-23-19(22)11-9-16-8-10-17(24-16)15-6-2-1-3-7-15/h1-3,6-11H,4-5,12-14H2/b11-9+. The molecule has 0 atom stereocenters. The Morgan fingerprint density at radius 3 is 2.58 bits per heavy atom. The molecule has 1 aliphatic heterocycles. The summed E-state index contributed by atoms with van der Waals surface area (Å²) in [5, 5.41) is 0. The number of carbonyl (C=O) groups excluding carboxylic acids is 2. The molecule has 1 fully saturated rings. The minimum absolute atomic E-state index is 0.114. The van der Waals surface area contributed by atoms with Crippen LogP contribution in [0.5, 0.6) is 0 Å². The van der Waals surface area contributed by atoms with E-state index in [-0.39, 0.29) is 12.5 Å². The first-order valence-corrected chi connectivity index (χ1v) is 8.82. The van der Waals surface area contributed by atoms with Crippen LogP contribution in [0.4, 0.5) is 0 Å². The second kappa shape index (κ2) is 7.93. The molecule has 124 valence electrons. The van der Waals surface area contributed by atoms with Gasteiger partial charge in [-0.15, -0.1) is 11.3 Å². The average Bonchev–Trinajstić information content (AvgIpc) is 3.30. The van der Waals surface area contributed by atoms with Crippen LogP contribution in [-0.4, -0.2) is 36.5 Å². The van der Waals surface area contributed by atoms with Gasteiger partial charge in [-0.1, -0.05) is 30.3 Å². The van der Waals surface area contributed by atoms with E-state index in [0.29, 0.717) is 0 Å². The van der Waals surface area contributed by atoms with Crippen LogP contribution in [0.15, 0.2) is 48.5 Å². The summed E-state index contributed by atoms with van der Waals surface area (Å²) in [7, 11) is 0. The molecule has 24 heavy (non-hydrogen) atoms. The van der Waals surface area contributed by atoms with Gasteiger partial charge < -0.3 is 9.64 Å². The van der Waals surface area contributed by atoms with Crippen molar-refractivity contribution in [2.45, 2.75) is 12.8 Å². The van der Waals surface area contributed by atoms with Crippen LogP contribution in [0.1, 0.15) is 17.7 Å². The molecule has 1 aromatic heterocycles. The van der Waals surface area contributed by atoms with Crippen molar-refractivity contribution < 1.29 is 14.3 Å². The molecule has 0 unspecified atom stereocenters. The molecular weight excluding hydrogens is 322 g/mol. The molecule has 0 N–H and O–H groups in total. The zero-order valence-corrected chi connectivity index (χ0v) is 14.1. The maximum absolute atomic E-state index is 11.8. The van der Waals surface area contributed by atoms with Gasteiger partial charge in [-0.2, -0.15) is 0 Å². The number of likely N-dealkylation sites (tertiary alicyclic amines) is 1. The number of ether oxygens (including phenoxy) is 1. The zero-order valence-electron chi connectivity index (χ0n) is 13.3. The van der Waals surface area contributed by atoms with Crippen molar-refractivity contribution >= 4 is 29.3 Å². The van der Waals surface area contributed by atoms with Gasteiger partial charge in [-0.3, -0.25) is 4.79 Å². The van der Waals surface area contributed by atoms with E-state index in [0.717, 1.165) is 41.2 Å². The molecule has 4 nitrogen and oxygen atoms in total. The first kappa shape index (κ1) is 16.5. The van der Waals surface area contributed by atoms with E-state index in [2.05, 4.69) is 12.1 Å². The number of benzene rings is 1. The largest absolute Gasteiger partial charge is 0.452 e. The maximum Gasteiger partial charge on any atom is 0.331 e. The molecule has 1 aromatic carbocycles. The molecule has 2 heterocycles. The van der Waals surface area contributed by atoms with Crippen molar-refractivity contribution in [3.63, 3.8) is 0 Å². The summed E-state index contributed by atoms with van der Waals surface area (Å²) in [5.41, 5.74) is 1.15. The minimum atomic E-state index is -0.489. The van der Waals surface area contributed by atoms with Crippen LogP contribution >= 0.6 is 11.3 Å². The lowest BCUT2D eigenvalue weighted by atomic mass is 10.2. The molecule has 0 aliphatic carbocycles. The maximum atomic E-state index is 11.8. The van der Waals surface area contributed by atoms with Crippen molar-refractivity contribution in [1.29, 1.82) is 0 Å². The Hall–Kier alpha value is -2.40. The van der Waals surface area contributed by atoms with Gasteiger partial charge in [0, 0.05) is 28.9 Å². The van der Waals surface area contributed by atoms with E-state index in [4.69, 9.17) is 4.74 Å². The highest BCUT2D eigenvalue weighted by molar-refractivity contribution is 7.16. The number of nitrogens with zero attached hydrogens (tertiary/aromatic N) is 1. The van der Waals surface area contributed by atoms with E-state index in [1.807, 2.05) is 30.3 Å². The molecule has 0 saturated carbocycles. The number of hydrogen-bond acceptors (Lipinski definition) is 4. The number of carbonyl (C=O) groups is 2. The number of rotatable bonds is 5. The van der Waals surface area contributed by atoms with Crippen LogP contribution in [0, 0.1) is 0 Å². The molecule has 5 heteroatoms. The third-order valence-corrected chi connectivity index (χ3v) is 4.97. The Morgan fingerprint density at radius 2 is 1.83 bits per heavy atom. The SMILES string of the molecule is O=C(/C=C/c1ccc(-c2ccccc2)s1)OCC(=O)N1CCCC1. The van der Waals surface area contributed by atoms with Gasteiger partial charge in [-0.05, 0) is 36.6 Å². The van der Waals surface area contributed by atoms with Crippen LogP contribution in [-0.2, 0) is 14.3 Å². The minimum Gasteiger partial charge on any atom is -0.452 e. The predicted molar refractivity (Wildman–Crippen MR) is 95.6 cm³/mol. The van der Waals surface area contributed by atoms with E-state index < -0.39 is 5.97 Å². The lowest BCUT2D eigenvalue weighted by Crippen LogP contribution is -2.31. The highest BCUT2D eigenvalue weighted by atomic mass is 32.1. The molecule has 1 saturated heterocycles. The Bertz CT molecular complexity index is 730. The quantitative estimate of drug-likeness (QED) is 0.617. The van der Waals surface area contributed by atoms with E-state index in [1.165, 1.54) is 6.08 Å². The number of hydrogen-bond donors (Lipinski definition) is 0. The summed E-state index contributed by atoms with van der Waals surface area (Å²) < 4.78 is 5.02. The Labute approximate surface area is 145 Å². The average molecular weight is 341 g/mol. The van der Waals surface area contributed by atoms with Gasteiger partial charge in [0.15, 0.2) is 6.61 Å². The molecule has 2 aromatic rings. The summed E-state index contributed by atoms with van der Waals surface area (Å²) in [5.74, 6) is -0.603. The first-order valence-electron chi connectivity index (χ1n) is 8.00. The summed E-state index contributed by atoms with van der Waals surface area (Å²) in [4.78, 5) is 27.4. The fourth-order valence-electron chi connectivity index (χ4n) is 2.59. The number of esters is 1. The third kappa shape index (κ3) is 4.32.